The van der Waals surface area contributed by atoms with Gasteiger partial charge in [-0.15, -0.1) is 0 Å². The number of nitrogens with one attached hydrogen (secondary N) is 1. The zero-order valence-corrected chi connectivity index (χ0v) is 6.13. The molecule has 0 radical (unpaired) electrons. The lowest BCUT2D eigenvalue weighted by atomic mass is 10.5. The summed E-state index contributed by atoms with van der Waals surface area (Å²) in [5.41, 5.74) is 0. The Balaban J connectivity index is 3.12. The first-order valence-electron chi connectivity index (χ1n) is 2.82. The lowest BCUT2D eigenvalue weighted by Gasteiger charge is -1.96. The van der Waals surface area contributed by atoms with Gasteiger partial charge in [0.15, 0.2) is 0 Å². The summed E-state index contributed by atoms with van der Waals surface area (Å²) >= 11 is 5.64. The van der Waals surface area contributed by atoms with Crippen LogP contribution in [0.5, 0.6) is 0 Å². The number of likely N-dealkylation sites (N-methyl/N-ethyl adjacent to an activating group) is 1. The van der Waals surface area contributed by atoms with Crippen molar-refractivity contribution in [2.75, 3.05) is 13.1 Å². The van der Waals surface area contributed by atoms with Crippen LogP contribution in [0.15, 0.2) is 11.1 Å². The zero-order chi connectivity index (χ0) is 6.41. The Kier molecular flexibility index (Phi) is 5.13. The fourth-order valence-electron chi connectivity index (χ4n) is 0.346. The molecule has 0 rings (SSSR count). The van der Waals surface area contributed by atoms with E-state index in [2.05, 4.69) is 12.2 Å². The van der Waals surface area contributed by atoms with E-state index in [4.69, 9.17) is 11.6 Å². The van der Waals surface area contributed by atoms with Gasteiger partial charge in [0.2, 0.25) is 0 Å². The van der Waals surface area contributed by atoms with E-state index in [-0.39, 0.29) is 0 Å². The number of hydrogen-bond donors (Lipinski definition) is 1. The molecule has 0 aromatic carbocycles. The topological polar surface area (TPSA) is 12.0 Å². The first-order valence-corrected chi connectivity index (χ1v) is 3.20. The molecule has 0 heterocycles. The minimum absolute atomic E-state index is 0.800. The highest BCUT2D eigenvalue weighted by Crippen LogP contribution is 1.95. The summed E-state index contributed by atoms with van der Waals surface area (Å²) < 4.78 is 0. The van der Waals surface area contributed by atoms with Gasteiger partial charge < -0.3 is 5.32 Å². The second-order valence-corrected chi connectivity index (χ2v) is 2.00. The van der Waals surface area contributed by atoms with Gasteiger partial charge in [0.25, 0.3) is 0 Å². The van der Waals surface area contributed by atoms with Crippen molar-refractivity contribution in [3.8, 4) is 0 Å². The fourth-order valence-corrected chi connectivity index (χ4v) is 0.441. The van der Waals surface area contributed by atoms with Gasteiger partial charge in [-0.1, -0.05) is 24.6 Å². The third kappa shape index (κ3) is 4.16. The predicted molar refractivity (Wildman–Crippen MR) is 38.2 cm³/mol. The lowest BCUT2D eigenvalue weighted by molar-refractivity contribution is 0.792. The molecule has 0 atom stereocenters. The number of hydrogen-bond acceptors (Lipinski definition) is 1. The maximum atomic E-state index is 5.64. The third-order valence-corrected chi connectivity index (χ3v) is 1.21. The minimum Gasteiger partial charge on any atom is -0.312 e. The molecule has 0 fully saturated rings. The van der Waals surface area contributed by atoms with Crippen molar-refractivity contribution in [1.82, 2.24) is 5.32 Å². The highest BCUT2D eigenvalue weighted by Gasteiger charge is 1.84. The van der Waals surface area contributed by atoms with Gasteiger partial charge in [-0.3, -0.25) is 0 Å². The Morgan fingerprint density at radius 3 is 2.75 bits per heavy atom. The Morgan fingerprint density at radius 2 is 2.38 bits per heavy atom. The molecule has 0 aromatic heterocycles. The highest BCUT2D eigenvalue weighted by atomic mass is 35.5. The molecular weight excluding hydrogens is 122 g/mol. The molecule has 0 saturated carbocycles. The van der Waals surface area contributed by atoms with E-state index >= 15 is 0 Å². The molecule has 0 aliphatic carbocycles. The molecule has 8 heavy (non-hydrogen) atoms. The largest absolute Gasteiger partial charge is 0.312 e. The van der Waals surface area contributed by atoms with Crippen LogP contribution in [0.4, 0.5) is 0 Å². The number of allylic oxidation sites excluding steroid dienone is 1. The monoisotopic (exact) mass is 133 g/mol. The molecule has 0 amide bonds. The van der Waals surface area contributed by atoms with E-state index < -0.39 is 0 Å². The average molecular weight is 134 g/mol. The summed E-state index contributed by atoms with van der Waals surface area (Å²) in [5.74, 6) is 0. The predicted octanol–water partition coefficient (Wildman–Crippen LogP) is 1.74. The van der Waals surface area contributed by atoms with Crippen LogP contribution >= 0.6 is 11.6 Å². The van der Waals surface area contributed by atoms with Crippen molar-refractivity contribution in [3.05, 3.63) is 11.1 Å². The Morgan fingerprint density at radius 1 is 1.75 bits per heavy atom. The highest BCUT2D eigenvalue weighted by molar-refractivity contribution is 6.29. The second-order valence-electron chi connectivity index (χ2n) is 1.52. The van der Waals surface area contributed by atoms with E-state index in [0.717, 1.165) is 18.1 Å². The maximum absolute atomic E-state index is 5.64. The van der Waals surface area contributed by atoms with Crippen molar-refractivity contribution >= 4 is 11.6 Å². The van der Waals surface area contributed by atoms with Crippen molar-refractivity contribution < 1.29 is 0 Å². The molecule has 0 bridgehead atoms. The normalized spacial score (nSPS) is 12.1. The molecule has 0 spiro atoms. The van der Waals surface area contributed by atoms with Crippen LogP contribution in [0, 0.1) is 0 Å². The van der Waals surface area contributed by atoms with Gasteiger partial charge in [0.1, 0.15) is 0 Å². The summed E-state index contributed by atoms with van der Waals surface area (Å²) in [7, 11) is 0. The van der Waals surface area contributed by atoms with Crippen LogP contribution in [0.1, 0.15) is 13.8 Å². The van der Waals surface area contributed by atoms with Crippen LogP contribution in [0.3, 0.4) is 0 Å². The second kappa shape index (κ2) is 5.13. The molecule has 2 heteroatoms. The average Bonchev–Trinajstić information content (AvgIpc) is 1.83. The van der Waals surface area contributed by atoms with E-state index in [0.29, 0.717) is 0 Å². The summed E-state index contributed by atoms with van der Waals surface area (Å²) in [6.07, 6.45) is 1.89. The summed E-state index contributed by atoms with van der Waals surface area (Å²) in [4.78, 5) is 0. The first-order chi connectivity index (χ1) is 3.81. The first kappa shape index (κ1) is 7.99. The fraction of sp³-hybridized carbons (Fsp3) is 0.667. The molecule has 0 aliphatic rings. The summed E-state index contributed by atoms with van der Waals surface area (Å²) in [5, 5.41) is 3.98. The van der Waals surface area contributed by atoms with Crippen LogP contribution in [0.25, 0.3) is 0 Å². The third-order valence-electron chi connectivity index (χ3n) is 0.857. The Hall–Kier alpha value is -0.0100. The molecule has 0 aliphatic heterocycles. The minimum atomic E-state index is 0.800. The van der Waals surface area contributed by atoms with Crippen molar-refractivity contribution in [2.24, 2.45) is 0 Å². The molecule has 1 nitrogen and oxygen atoms in total. The van der Waals surface area contributed by atoms with Crippen LogP contribution in [-0.4, -0.2) is 13.1 Å². The van der Waals surface area contributed by atoms with Crippen molar-refractivity contribution in [3.63, 3.8) is 0 Å². The van der Waals surface area contributed by atoms with E-state index in [1.807, 2.05) is 13.0 Å². The van der Waals surface area contributed by atoms with Gasteiger partial charge in [0.05, 0.1) is 0 Å². The Labute approximate surface area is 55.7 Å². The van der Waals surface area contributed by atoms with Crippen LogP contribution < -0.4 is 5.32 Å². The SMILES string of the molecule is CC=C(Cl)CNCC. The van der Waals surface area contributed by atoms with E-state index in [9.17, 15) is 0 Å². The number of halogens is 1. The van der Waals surface area contributed by atoms with Crippen molar-refractivity contribution in [1.29, 1.82) is 0 Å². The van der Waals surface area contributed by atoms with Crippen LogP contribution in [0.2, 0.25) is 0 Å². The van der Waals surface area contributed by atoms with Gasteiger partial charge in [-0.05, 0) is 13.5 Å². The molecule has 0 saturated heterocycles. The lowest BCUT2D eigenvalue weighted by Crippen LogP contribution is -2.13. The van der Waals surface area contributed by atoms with Gasteiger partial charge in [-0.25, -0.2) is 0 Å². The maximum Gasteiger partial charge on any atom is 0.0309 e. The summed E-state index contributed by atoms with van der Waals surface area (Å²) in [6, 6.07) is 0. The molecule has 48 valence electrons. The molecule has 0 unspecified atom stereocenters. The van der Waals surface area contributed by atoms with Gasteiger partial charge in [-0.2, -0.15) is 0 Å². The van der Waals surface area contributed by atoms with Gasteiger partial charge in [0, 0.05) is 11.6 Å². The van der Waals surface area contributed by atoms with Crippen LogP contribution in [-0.2, 0) is 0 Å². The molecule has 0 aromatic rings. The van der Waals surface area contributed by atoms with Crippen molar-refractivity contribution in [2.45, 2.75) is 13.8 Å². The Bertz CT molecular complexity index is 78.6. The van der Waals surface area contributed by atoms with Gasteiger partial charge >= 0.3 is 0 Å². The molecular formula is C6H12ClN. The van der Waals surface area contributed by atoms with E-state index in [1.54, 1.807) is 0 Å². The standard InChI is InChI=1S/C6H12ClN/c1-3-6(7)5-8-4-2/h3,8H,4-5H2,1-2H3. The quantitative estimate of drug-likeness (QED) is 0.619. The zero-order valence-electron chi connectivity index (χ0n) is 5.37. The smallest absolute Gasteiger partial charge is 0.0309 e. The number of rotatable bonds is 3. The van der Waals surface area contributed by atoms with E-state index in [1.165, 1.54) is 0 Å². The summed E-state index contributed by atoms with van der Waals surface area (Å²) in [6.45, 7) is 5.76. The molecule has 1 N–H and O–H groups in total.